The van der Waals surface area contributed by atoms with E-state index in [1.165, 1.54) is 5.57 Å². The fraction of sp³-hybridized carbons (Fsp3) is 0.407. The smallest absolute Gasteiger partial charge is 0.213 e. The van der Waals surface area contributed by atoms with Crippen LogP contribution in [0.2, 0.25) is 0 Å². The van der Waals surface area contributed by atoms with Crippen molar-refractivity contribution in [1.82, 2.24) is 20.2 Å². The third-order valence-corrected chi connectivity index (χ3v) is 7.44. The van der Waals surface area contributed by atoms with Crippen molar-refractivity contribution in [1.29, 1.82) is 0 Å². The Bertz CT molecular complexity index is 1210. The molecular formula is C27H30N4O4. The molecule has 4 heterocycles. The van der Waals surface area contributed by atoms with Crippen LogP contribution in [-0.2, 0) is 9.47 Å². The van der Waals surface area contributed by atoms with Crippen molar-refractivity contribution in [3.8, 4) is 5.88 Å². The SMILES string of the molecule is COc1ccc2nccc(C(O)CN3CC4C(C3)C4NC(C3=CC=CCC3)C3=COC=CO3)c2n1. The first-order valence-corrected chi connectivity index (χ1v) is 12.2. The van der Waals surface area contributed by atoms with Gasteiger partial charge in [-0.25, -0.2) is 4.98 Å². The molecule has 1 saturated carbocycles. The van der Waals surface area contributed by atoms with E-state index >= 15 is 0 Å². The number of likely N-dealkylation sites (tertiary alicyclic amines) is 1. The van der Waals surface area contributed by atoms with Gasteiger partial charge in [0, 0.05) is 43.5 Å². The van der Waals surface area contributed by atoms with Crippen LogP contribution in [-0.4, -0.2) is 58.8 Å². The number of hydrogen-bond acceptors (Lipinski definition) is 8. The van der Waals surface area contributed by atoms with Crippen molar-refractivity contribution < 1.29 is 19.3 Å². The number of pyridine rings is 2. The molecule has 2 fully saturated rings. The van der Waals surface area contributed by atoms with Gasteiger partial charge in [-0.15, -0.1) is 0 Å². The number of β-amino-alcohol motifs (C(OH)–C–C–N with tert-alkyl or cyclic N) is 1. The molecule has 1 saturated heterocycles. The first-order valence-electron chi connectivity index (χ1n) is 12.2. The summed E-state index contributed by atoms with van der Waals surface area (Å²) in [4.78, 5) is 11.3. The molecule has 0 spiro atoms. The van der Waals surface area contributed by atoms with E-state index in [2.05, 4.69) is 38.4 Å². The fourth-order valence-corrected chi connectivity index (χ4v) is 5.60. The van der Waals surface area contributed by atoms with Gasteiger partial charge in [0.2, 0.25) is 5.88 Å². The first kappa shape index (κ1) is 22.3. The quantitative estimate of drug-likeness (QED) is 0.603. The van der Waals surface area contributed by atoms with Crippen LogP contribution in [0.5, 0.6) is 5.88 Å². The number of piperidine rings is 1. The van der Waals surface area contributed by atoms with E-state index in [0.717, 1.165) is 42.8 Å². The number of nitrogens with zero attached hydrogens (tertiary/aromatic N) is 3. The predicted octanol–water partition coefficient (Wildman–Crippen LogP) is 3.20. The Kier molecular flexibility index (Phi) is 6.01. The monoisotopic (exact) mass is 474 g/mol. The van der Waals surface area contributed by atoms with Gasteiger partial charge in [-0.2, -0.15) is 0 Å². The second-order valence-corrected chi connectivity index (χ2v) is 9.56. The lowest BCUT2D eigenvalue weighted by Gasteiger charge is -2.28. The summed E-state index contributed by atoms with van der Waals surface area (Å²) in [5.74, 6) is 2.46. The maximum Gasteiger partial charge on any atom is 0.213 e. The van der Waals surface area contributed by atoms with Crippen LogP contribution in [0.1, 0.15) is 24.5 Å². The normalized spacial score (nSPS) is 26.9. The van der Waals surface area contributed by atoms with E-state index in [1.807, 2.05) is 12.1 Å². The van der Waals surface area contributed by atoms with Gasteiger partial charge < -0.3 is 24.6 Å². The van der Waals surface area contributed by atoms with Gasteiger partial charge >= 0.3 is 0 Å². The summed E-state index contributed by atoms with van der Waals surface area (Å²) in [6.45, 7) is 2.49. The number of ether oxygens (including phenoxy) is 3. The number of rotatable bonds is 8. The number of nitrogens with one attached hydrogen (secondary N) is 1. The van der Waals surface area contributed by atoms with Crippen LogP contribution in [0.3, 0.4) is 0 Å². The minimum absolute atomic E-state index is 0.0174. The van der Waals surface area contributed by atoms with Gasteiger partial charge in [-0.3, -0.25) is 9.88 Å². The second kappa shape index (κ2) is 9.45. The lowest BCUT2D eigenvalue weighted by atomic mass is 9.96. The largest absolute Gasteiger partial charge is 0.481 e. The summed E-state index contributed by atoms with van der Waals surface area (Å²) in [6.07, 6.45) is 14.5. The fourth-order valence-electron chi connectivity index (χ4n) is 5.60. The van der Waals surface area contributed by atoms with Crippen molar-refractivity contribution in [3.05, 3.63) is 78.3 Å². The van der Waals surface area contributed by atoms with Crippen LogP contribution in [0.25, 0.3) is 11.0 Å². The van der Waals surface area contributed by atoms with E-state index in [0.29, 0.717) is 35.8 Å². The van der Waals surface area contributed by atoms with E-state index < -0.39 is 6.10 Å². The molecule has 2 aromatic rings. The molecule has 8 heteroatoms. The third kappa shape index (κ3) is 4.45. The van der Waals surface area contributed by atoms with Gasteiger partial charge in [0.15, 0.2) is 5.76 Å². The highest BCUT2D eigenvalue weighted by molar-refractivity contribution is 5.78. The van der Waals surface area contributed by atoms with E-state index in [4.69, 9.17) is 14.2 Å². The number of aromatic nitrogens is 2. The Hall–Kier alpha value is -3.20. The summed E-state index contributed by atoms with van der Waals surface area (Å²) in [5, 5.41) is 14.9. The molecule has 2 N–H and O–H groups in total. The Morgan fingerprint density at radius 2 is 2.11 bits per heavy atom. The summed E-state index contributed by atoms with van der Waals surface area (Å²) in [6, 6.07) is 5.97. The zero-order chi connectivity index (χ0) is 23.8. The standard InChI is InChI=1S/C27H30N4O4/c1-33-24-8-7-21-27(29-24)18(9-10-28-21)22(32)15-31-13-19-20(14-31)26(19)30-25(17-5-3-2-4-6-17)23-16-34-11-12-35-23/h2-3,5,7-12,16,19-20,22,25-26,30,32H,4,6,13-15H2,1H3. The summed E-state index contributed by atoms with van der Waals surface area (Å²) >= 11 is 0. The van der Waals surface area contributed by atoms with Crippen molar-refractivity contribution in [2.45, 2.75) is 31.0 Å². The maximum absolute atomic E-state index is 11.1. The molecule has 6 rings (SSSR count). The van der Waals surface area contributed by atoms with Crippen LogP contribution in [0, 0.1) is 11.8 Å². The van der Waals surface area contributed by atoms with Crippen LogP contribution >= 0.6 is 0 Å². The molecule has 0 amide bonds. The first-order chi connectivity index (χ1) is 17.2. The van der Waals surface area contributed by atoms with Crippen molar-refractivity contribution in [2.24, 2.45) is 11.8 Å². The predicted molar refractivity (Wildman–Crippen MR) is 131 cm³/mol. The van der Waals surface area contributed by atoms with Crippen LogP contribution < -0.4 is 10.1 Å². The number of aliphatic hydroxyl groups excluding tert-OH is 1. The van der Waals surface area contributed by atoms with Gasteiger partial charge in [0.1, 0.15) is 18.8 Å². The number of methoxy groups -OCH3 is 1. The van der Waals surface area contributed by atoms with E-state index in [-0.39, 0.29) is 6.04 Å². The highest BCUT2D eigenvalue weighted by Crippen LogP contribution is 2.47. The molecule has 8 nitrogen and oxygen atoms in total. The molecule has 2 aromatic heterocycles. The summed E-state index contributed by atoms with van der Waals surface area (Å²) in [5.41, 5.74) is 3.56. The molecule has 0 bridgehead atoms. The van der Waals surface area contributed by atoms with Gasteiger partial charge in [-0.05, 0) is 42.4 Å². The zero-order valence-electron chi connectivity index (χ0n) is 19.7. The summed E-state index contributed by atoms with van der Waals surface area (Å²) < 4.78 is 16.4. The van der Waals surface area contributed by atoms with E-state index in [1.54, 1.807) is 38.2 Å². The number of fused-ring (bicyclic) bond motifs is 2. The third-order valence-electron chi connectivity index (χ3n) is 7.44. The van der Waals surface area contributed by atoms with E-state index in [9.17, 15) is 5.11 Å². The minimum atomic E-state index is -0.638. The molecule has 182 valence electrons. The average Bonchev–Trinajstić information content (AvgIpc) is 3.36. The average molecular weight is 475 g/mol. The Morgan fingerprint density at radius 3 is 2.86 bits per heavy atom. The van der Waals surface area contributed by atoms with Crippen molar-refractivity contribution in [2.75, 3.05) is 26.7 Å². The maximum atomic E-state index is 11.1. The lowest BCUT2D eigenvalue weighted by Crippen LogP contribution is -2.41. The number of hydrogen-bond donors (Lipinski definition) is 2. The molecule has 4 atom stereocenters. The Balaban J connectivity index is 1.10. The van der Waals surface area contributed by atoms with Gasteiger partial charge in [0.25, 0.3) is 0 Å². The molecule has 35 heavy (non-hydrogen) atoms. The molecule has 4 aliphatic rings. The highest BCUT2D eigenvalue weighted by Gasteiger charge is 2.56. The topological polar surface area (TPSA) is 89.0 Å². The Labute approximate surface area is 204 Å². The van der Waals surface area contributed by atoms with Crippen molar-refractivity contribution in [3.63, 3.8) is 0 Å². The van der Waals surface area contributed by atoms with Crippen LogP contribution in [0.15, 0.2) is 72.7 Å². The molecular weight excluding hydrogens is 444 g/mol. The van der Waals surface area contributed by atoms with Gasteiger partial charge in [0.05, 0.1) is 30.3 Å². The second-order valence-electron chi connectivity index (χ2n) is 9.56. The highest BCUT2D eigenvalue weighted by atomic mass is 16.5. The zero-order valence-corrected chi connectivity index (χ0v) is 19.7. The number of allylic oxidation sites excluding steroid dienone is 3. The molecule has 0 radical (unpaired) electrons. The van der Waals surface area contributed by atoms with Crippen LogP contribution in [0.4, 0.5) is 0 Å². The summed E-state index contributed by atoms with van der Waals surface area (Å²) in [7, 11) is 1.59. The lowest BCUT2D eigenvalue weighted by molar-refractivity contribution is 0.118. The van der Waals surface area contributed by atoms with Gasteiger partial charge in [-0.1, -0.05) is 18.2 Å². The molecule has 2 aliphatic heterocycles. The molecule has 4 unspecified atom stereocenters. The number of aliphatic hydroxyl groups is 1. The van der Waals surface area contributed by atoms with Crippen molar-refractivity contribution >= 4 is 11.0 Å². The minimum Gasteiger partial charge on any atom is -0.481 e. The molecule has 2 aliphatic carbocycles. The Morgan fingerprint density at radius 1 is 1.23 bits per heavy atom. The molecule has 0 aromatic carbocycles.